The molecule has 110 valence electrons. The smallest absolute Gasteiger partial charge is 0.340 e. The van der Waals surface area contributed by atoms with Crippen LogP contribution in [0, 0.1) is 6.92 Å². The van der Waals surface area contributed by atoms with E-state index in [1.807, 2.05) is 13.8 Å². The van der Waals surface area contributed by atoms with Crippen molar-refractivity contribution in [2.24, 2.45) is 0 Å². The average Bonchev–Trinajstić information content (AvgIpc) is 2.38. The first kappa shape index (κ1) is 15.8. The van der Waals surface area contributed by atoms with Crippen LogP contribution in [0.15, 0.2) is 12.1 Å². The van der Waals surface area contributed by atoms with Gasteiger partial charge in [-0.25, -0.2) is 4.79 Å². The summed E-state index contributed by atoms with van der Waals surface area (Å²) in [7, 11) is 1.30. The number of nitrogens with one attached hydrogen (secondary N) is 2. The predicted octanol–water partition coefficient (Wildman–Crippen LogP) is 1.30. The second-order valence-electron chi connectivity index (χ2n) is 4.82. The van der Waals surface area contributed by atoms with E-state index in [2.05, 4.69) is 15.4 Å². The van der Waals surface area contributed by atoms with E-state index in [4.69, 9.17) is 5.73 Å². The van der Waals surface area contributed by atoms with Gasteiger partial charge in [0.2, 0.25) is 5.91 Å². The van der Waals surface area contributed by atoms with Gasteiger partial charge < -0.3 is 21.1 Å². The topological polar surface area (TPSA) is 93.4 Å². The monoisotopic (exact) mass is 279 g/mol. The number of aryl methyl sites for hydroxylation is 1. The maximum atomic E-state index is 11.6. The summed E-state index contributed by atoms with van der Waals surface area (Å²) in [6.07, 6.45) is 0. The number of nitrogens with two attached hydrogens (primary N) is 1. The van der Waals surface area contributed by atoms with Gasteiger partial charge in [-0.2, -0.15) is 0 Å². The number of anilines is 2. The average molecular weight is 279 g/mol. The summed E-state index contributed by atoms with van der Waals surface area (Å²) in [6, 6.07) is 3.45. The van der Waals surface area contributed by atoms with Gasteiger partial charge in [0.25, 0.3) is 0 Å². The van der Waals surface area contributed by atoms with E-state index >= 15 is 0 Å². The highest BCUT2D eigenvalue weighted by Crippen LogP contribution is 2.23. The molecule has 0 aromatic heterocycles. The summed E-state index contributed by atoms with van der Waals surface area (Å²) in [5, 5.41) is 5.73. The molecule has 0 aliphatic rings. The Balaban J connectivity index is 2.84. The Labute approximate surface area is 118 Å². The normalized spacial score (nSPS) is 10.2. The van der Waals surface area contributed by atoms with Crippen molar-refractivity contribution < 1.29 is 14.3 Å². The molecule has 0 unspecified atom stereocenters. The van der Waals surface area contributed by atoms with E-state index in [1.54, 1.807) is 19.1 Å². The fourth-order valence-electron chi connectivity index (χ4n) is 1.73. The molecule has 1 aromatic rings. The molecule has 1 rings (SSSR count). The van der Waals surface area contributed by atoms with Crippen molar-refractivity contribution in [1.82, 2.24) is 5.32 Å². The fraction of sp³-hybridized carbons (Fsp3) is 0.429. The number of esters is 1. The first-order valence-electron chi connectivity index (χ1n) is 6.36. The van der Waals surface area contributed by atoms with Crippen LogP contribution >= 0.6 is 0 Å². The van der Waals surface area contributed by atoms with Gasteiger partial charge in [0.1, 0.15) is 0 Å². The van der Waals surface area contributed by atoms with E-state index < -0.39 is 5.97 Å². The molecule has 0 bridgehead atoms. The van der Waals surface area contributed by atoms with Gasteiger partial charge in [0.05, 0.1) is 19.2 Å². The molecule has 0 fully saturated rings. The maximum Gasteiger partial charge on any atom is 0.340 e. The molecule has 0 aliphatic heterocycles. The number of amides is 1. The zero-order valence-electron chi connectivity index (χ0n) is 12.2. The molecule has 0 saturated heterocycles. The van der Waals surface area contributed by atoms with Gasteiger partial charge in [-0.3, -0.25) is 4.79 Å². The van der Waals surface area contributed by atoms with Gasteiger partial charge in [0, 0.05) is 17.4 Å². The second kappa shape index (κ2) is 6.79. The minimum atomic E-state index is -0.499. The molecule has 0 atom stereocenters. The lowest BCUT2D eigenvalue weighted by atomic mass is 10.1. The van der Waals surface area contributed by atoms with E-state index in [9.17, 15) is 9.59 Å². The molecule has 0 spiro atoms. The van der Waals surface area contributed by atoms with E-state index in [1.165, 1.54) is 7.11 Å². The molecule has 1 aromatic carbocycles. The van der Waals surface area contributed by atoms with Crippen LogP contribution in [0.5, 0.6) is 0 Å². The Bertz CT molecular complexity index is 513. The second-order valence-corrected chi connectivity index (χ2v) is 4.82. The third-order valence-corrected chi connectivity index (χ3v) is 2.69. The third kappa shape index (κ3) is 4.15. The number of carbonyl (C=O) groups excluding carboxylic acids is 2. The Morgan fingerprint density at radius 3 is 2.55 bits per heavy atom. The van der Waals surface area contributed by atoms with Crippen molar-refractivity contribution >= 4 is 23.3 Å². The van der Waals surface area contributed by atoms with Gasteiger partial charge >= 0.3 is 5.97 Å². The number of rotatable bonds is 5. The largest absolute Gasteiger partial charge is 0.465 e. The van der Waals surface area contributed by atoms with Crippen molar-refractivity contribution in [3.63, 3.8) is 0 Å². The molecule has 0 saturated carbocycles. The summed E-state index contributed by atoms with van der Waals surface area (Å²) in [4.78, 5) is 23.2. The minimum Gasteiger partial charge on any atom is -0.465 e. The molecule has 0 heterocycles. The SMILES string of the molecule is COC(=O)c1cc(NCC(=O)NC(C)C)cc(C)c1N. The summed E-state index contributed by atoms with van der Waals surface area (Å²) < 4.78 is 4.68. The molecule has 6 heteroatoms. The van der Waals surface area contributed by atoms with Gasteiger partial charge in [-0.1, -0.05) is 0 Å². The standard InChI is InChI=1S/C14H21N3O3/c1-8(2)17-12(18)7-16-10-5-9(3)13(15)11(6-10)14(19)20-4/h5-6,8,16H,7,15H2,1-4H3,(H,17,18). The van der Waals surface area contributed by atoms with Crippen molar-refractivity contribution in [2.75, 3.05) is 24.7 Å². The van der Waals surface area contributed by atoms with E-state index in [0.717, 1.165) is 5.56 Å². The van der Waals surface area contributed by atoms with Crippen molar-refractivity contribution in [3.8, 4) is 0 Å². The number of carbonyl (C=O) groups is 2. The van der Waals surface area contributed by atoms with E-state index in [-0.39, 0.29) is 18.5 Å². The summed E-state index contributed by atoms with van der Waals surface area (Å²) in [6.45, 7) is 5.70. The van der Waals surface area contributed by atoms with Crippen LogP contribution in [0.25, 0.3) is 0 Å². The number of hydrogen-bond acceptors (Lipinski definition) is 5. The first-order chi connectivity index (χ1) is 9.35. The zero-order chi connectivity index (χ0) is 15.3. The van der Waals surface area contributed by atoms with Crippen LogP contribution in [-0.2, 0) is 9.53 Å². The van der Waals surface area contributed by atoms with Crippen LogP contribution in [0.1, 0.15) is 29.8 Å². The zero-order valence-corrected chi connectivity index (χ0v) is 12.2. The highest BCUT2D eigenvalue weighted by molar-refractivity contribution is 5.97. The van der Waals surface area contributed by atoms with E-state index in [0.29, 0.717) is 16.9 Å². The number of hydrogen-bond donors (Lipinski definition) is 3. The van der Waals surface area contributed by atoms with Gasteiger partial charge in [-0.05, 0) is 38.5 Å². The molecule has 1 amide bonds. The molecular formula is C14H21N3O3. The van der Waals surface area contributed by atoms with Crippen molar-refractivity contribution in [3.05, 3.63) is 23.3 Å². The summed E-state index contributed by atoms with van der Waals surface area (Å²) >= 11 is 0. The van der Waals surface area contributed by atoms with Crippen LogP contribution in [0.2, 0.25) is 0 Å². The number of benzene rings is 1. The predicted molar refractivity (Wildman–Crippen MR) is 78.7 cm³/mol. The van der Waals surface area contributed by atoms with Crippen molar-refractivity contribution in [1.29, 1.82) is 0 Å². The van der Waals surface area contributed by atoms with Crippen LogP contribution in [-0.4, -0.2) is 31.6 Å². The first-order valence-corrected chi connectivity index (χ1v) is 6.36. The Hall–Kier alpha value is -2.24. The molecule has 0 aliphatic carbocycles. The number of nitrogen functional groups attached to an aromatic ring is 1. The Morgan fingerprint density at radius 2 is 2.00 bits per heavy atom. The highest BCUT2D eigenvalue weighted by Gasteiger charge is 2.13. The molecular weight excluding hydrogens is 258 g/mol. The highest BCUT2D eigenvalue weighted by atomic mass is 16.5. The van der Waals surface area contributed by atoms with Crippen LogP contribution < -0.4 is 16.4 Å². The Kier molecular flexibility index (Phi) is 5.37. The molecule has 4 N–H and O–H groups in total. The van der Waals surface area contributed by atoms with Gasteiger partial charge in [-0.15, -0.1) is 0 Å². The van der Waals surface area contributed by atoms with Crippen LogP contribution in [0.3, 0.4) is 0 Å². The lowest BCUT2D eigenvalue weighted by Crippen LogP contribution is -2.34. The Morgan fingerprint density at radius 1 is 1.35 bits per heavy atom. The molecule has 6 nitrogen and oxygen atoms in total. The quantitative estimate of drug-likeness (QED) is 0.558. The molecule has 0 radical (unpaired) electrons. The lowest BCUT2D eigenvalue weighted by Gasteiger charge is -2.13. The number of methoxy groups -OCH3 is 1. The molecule has 20 heavy (non-hydrogen) atoms. The third-order valence-electron chi connectivity index (χ3n) is 2.69. The fourth-order valence-corrected chi connectivity index (χ4v) is 1.73. The lowest BCUT2D eigenvalue weighted by molar-refractivity contribution is -0.119. The van der Waals surface area contributed by atoms with Crippen molar-refractivity contribution in [2.45, 2.75) is 26.8 Å². The maximum absolute atomic E-state index is 11.6. The summed E-state index contributed by atoms with van der Waals surface area (Å²) in [5.74, 6) is -0.616. The summed E-state index contributed by atoms with van der Waals surface area (Å²) in [5.41, 5.74) is 7.92. The van der Waals surface area contributed by atoms with Gasteiger partial charge in [0.15, 0.2) is 0 Å². The van der Waals surface area contributed by atoms with Crippen LogP contribution in [0.4, 0.5) is 11.4 Å². The number of ether oxygens (including phenoxy) is 1. The minimum absolute atomic E-state index is 0.0862.